The Balaban J connectivity index is 1.75. The van der Waals surface area contributed by atoms with Crippen molar-refractivity contribution in [3.05, 3.63) is 41.0 Å². The van der Waals surface area contributed by atoms with Crippen molar-refractivity contribution in [2.24, 2.45) is 0 Å². The largest absolute Gasteiger partial charge is 0.495 e. The summed E-state index contributed by atoms with van der Waals surface area (Å²) in [6.07, 6.45) is 2.32. The van der Waals surface area contributed by atoms with Gasteiger partial charge < -0.3 is 14.8 Å². The van der Waals surface area contributed by atoms with Gasteiger partial charge in [0.1, 0.15) is 11.4 Å². The number of aromatic amines is 1. The van der Waals surface area contributed by atoms with E-state index in [1.807, 2.05) is 19.9 Å². The van der Waals surface area contributed by atoms with Gasteiger partial charge in [-0.15, -0.1) is 0 Å². The molecule has 0 saturated carbocycles. The molecule has 0 aromatic carbocycles. The van der Waals surface area contributed by atoms with E-state index in [2.05, 4.69) is 20.5 Å². The number of hydrogen-bond acceptors (Lipinski definition) is 5. The van der Waals surface area contributed by atoms with Crippen molar-refractivity contribution in [3.8, 4) is 5.75 Å². The molecule has 2 aromatic heterocycles. The molecule has 2 aromatic rings. The molecule has 0 unspecified atom stereocenters. The van der Waals surface area contributed by atoms with Gasteiger partial charge in [0.2, 0.25) is 0 Å². The lowest BCUT2D eigenvalue weighted by atomic mass is 9.99. The van der Waals surface area contributed by atoms with Crippen molar-refractivity contribution in [2.45, 2.75) is 39.0 Å². The third-order valence-electron chi connectivity index (χ3n) is 3.93. The van der Waals surface area contributed by atoms with Crippen molar-refractivity contribution < 1.29 is 14.3 Å². The van der Waals surface area contributed by atoms with E-state index in [4.69, 9.17) is 9.47 Å². The van der Waals surface area contributed by atoms with Gasteiger partial charge in [-0.2, -0.15) is 5.10 Å². The first-order chi connectivity index (χ1) is 11.1. The molecule has 3 heterocycles. The summed E-state index contributed by atoms with van der Waals surface area (Å²) in [5.41, 5.74) is 2.92. The van der Waals surface area contributed by atoms with Gasteiger partial charge in [0.15, 0.2) is 5.69 Å². The minimum absolute atomic E-state index is 0.0672. The second kappa shape index (κ2) is 6.37. The number of carbonyl (C=O) groups is 1. The molecule has 7 nitrogen and oxygen atoms in total. The Kier molecular flexibility index (Phi) is 4.29. The molecule has 1 amide bonds. The number of nitrogens with one attached hydrogen (secondary N) is 2. The zero-order valence-electron chi connectivity index (χ0n) is 13.4. The lowest BCUT2D eigenvalue weighted by Gasteiger charge is -2.25. The summed E-state index contributed by atoms with van der Waals surface area (Å²) in [5.74, 6) is 0.420. The molecule has 122 valence electrons. The monoisotopic (exact) mass is 316 g/mol. The Hall–Kier alpha value is -2.41. The maximum Gasteiger partial charge on any atom is 0.272 e. The van der Waals surface area contributed by atoms with Crippen molar-refractivity contribution in [2.75, 3.05) is 7.11 Å². The topological polar surface area (TPSA) is 89.1 Å². The highest BCUT2D eigenvalue weighted by Crippen LogP contribution is 2.30. The van der Waals surface area contributed by atoms with Crippen LogP contribution in [0.3, 0.4) is 0 Å². The molecule has 1 aliphatic heterocycles. The Morgan fingerprint density at radius 3 is 3.13 bits per heavy atom. The highest BCUT2D eigenvalue weighted by molar-refractivity contribution is 5.94. The fourth-order valence-corrected chi connectivity index (χ4v) is 2.85. The average molecular weight is 316 g/mol. The van der Waals surface area contributed by atoms with Crippen LogP contribution in [0.2, 0.25) is 0 Å². The highest BCUT2D eigenvalue weighted by Gasteiger charge is 2.29. The van der Waals surface area contributed by atoms with Gasteiger partial charge in [-0.1, -0.05) is 0 Å². The molecular formula is C16H20N4O3. The second-order valence-electron chi connectivity index (χ2n) is 5.59. The quantitative estimate of drug-likeness (QED) is 0.897. The standard InChI is InChI=1S/C16H20N4O3/c1-9-7-11-14(10(2)23-9)19-20-15(11)16(21)18-8-12-13(22-3)5-4-6-17-12/h4-6,9-10H,7-8H2,1-3H3,(H,18,21)(H,19,20)/t9-,10+/m0/s1. The van der Waals surface area contributed by atoms with Crippen molar-refractivity contribution in [3.63, 3.8) is 0 Å². The normalized spacial score (nSPS) is 20.0. The third kappa shape index (κ3) is 3.05. The van der Waals surface area contributed by atoms with Gasteiger partial charge in [0, 0.05) is 18.2 Å². The number of hydrogen-bond donors (Lipinski definition) is 2. The molecule has 0 aliphatic carbocycles. The summed E-state index contributed by atoms with van der Waals surface area (Å²) >= 11 is 0. The number of amides is 1. The maximum atomic E-state index is 12.5. The Morgan fingerprint density at radius 1 is 1.52 bits per heavy atom. The first-order valence-electron chi connectivity index (χ1n) is 7.58. The minimum Gasteiger partial charge on any atom is -0.495 e. The number of nitrogens with zero attached hydrogens (tertiary/aromatic N) is 2. The van der Waals surface area contributed by atoms with Crippen LogP contribution >= 0.6 is 0 Å². The van der Waals surface area contributed by atoms with Gasteiger partial charge in [-0.05, 0) is 26.0 Å². The van der Waals surface area contributed by atoms with Crippen LogP contribution in [0.4, 0.5) is 0 Å². The van der Waals surface area contributed by atoms with E-state index in [-0.39, 0.29) is 24.7 Å². The zero-order valence-corrected chi connectivity index (χ0v) is 13.4. The number of rotatable bonds is 4. The second-order valence-corrected chi connectivity index (χ2v) is 5.59. The first kappa shape index (κ1) is 15.5. The summed E-state index contributed by atoms with van der Waals surface area (Å²) in [4.78, 5) is 16.7. The van der Waals surface area contributed by atoms with Crippen LogP contribution in [-0.4, -0.2) is 34.3 Å². The third-order valence-corrected chi connectivity index (χ3v) is 3.93. The fraction of sp³-hybridized carbons (Fsp3) is 0.438. The average Bonchev–Trinajstić information content (AvgIpc) is 2.97. The van der Waals surface area contributed by atoms with Crippen LogP contribution in [-0.2, 0) is 17.7 Å². The number of carbonyl (C=O) groups excluding carboxylic acids is 1. The highest BCUT2D eigenvalue weighted by atomic mass is 16.5. The predicted octanol–water partition coefficient (Wildman–Crippen LogP) is 1.77. The van der Waals surface area contributed by atoms with Crippen molar-refractivity contribution in [1.29, 1.82) is 0 Å². The molecule has 3 rings (SSSR count). The van der Waals surface area contributed by atoms with Crippen LogP contribution in [0, 0.1) is 0 Å². The van der Waals surface area contributed by atoms with Crippen LogP contribution in [0.15, 0.2) is 18.3 Å². The van der Waals surface area contributed by atoms with Crippen LogP contribution < -0.4 is 10.1 Å². The van der Waals surface area contributed by atoms with Gasteiger partial charge in [0.05, 0.1) is 31.6 Å². The van der Waals surface area contributed by atoms with E-state index in [1.54, 1.807) is 19.4 Å². The maximum absolute atomic E-state index is 12.5. The molecule has 0 bridgehead atoms. The summed E-state index contributed by atoms with van der Waals surface area (Å²) in [6.45, 7) is 4.23. The molecule has 0 fully saturated rings. The van der Waals surface area contributed by atoms with Crippen LogP contribution in [0.25, 0.3) is 0 Å². The lowest BCUT2D eigenvalue weighted by Crippen LogP contribution is -2.27. The molecule has 23 heavy (non-hydrogen) atoms. The summed E-state index contributed by atoms with van der Waals surface area (Å²) in [5, 5.41) is 9.94. The van der Waals surface area contributed by atoms with Gasteiger partial charge in [0.25, 0.3) is 5.91 Å². The van der Waals surface area contributed by atoms with E-state index in [0.29, 0.717) is 23.6 Å². The molecule has 0 spiro atoms. The number of ether oxygens (including phenoxy) is 2. The van der Waals surface area contributed by atoms with E-state index in [9.17, 15) is 4.79 Å². The Morgan fingerprint density at radius 2 is 2.35 bits per heavy atom. The number of fused-ring (bicyclic) bond motifs is 1. The SMILES string of the molecule is COc1cccnc1CNC(=O)c1n[nH]c2c1C[C@H](C)O[C@@H]2C. The van der Waals surface area contributed by atoms with E-state index >= 15 is 0 Å². The Bertz CT molecular complexity index is 713. The zero-order chi connectivity index (χ0) is 16.4. The van der Waals surface area contributed by atoms with E-state index in [0.717, 1.165) is 11.3 Å². The molecule has 7 heteroatoms. The van der Waals surface area contributed by atoms with Crippen LogP contribution in [0.1, 0.15) is 47.4 Å². The summed E-state index contributed by atoms with van der Waals surface area (Å²) in [7, 11) is 1.58. The smallest absolute Gasteiger partial charge is 0.272 e. The van der Waals surface area contributed by atoms with E-state index in [1.165, 1.54) is 0 Å². The van der Waals surface area contributed by atoms with E-state index < -0.39 is 0 Å². The molecule has 1 aliphatic rings. The first-order valence-corrected chi connectivity index (χ1v) is 7.58. The van der Waals surface area contributed by atoms with Gasteiger partial charge in [-0.25, -0.2) is 0 Å². The molecule has 0 saturated heterocycles. The summed E-state index contributed by atoms with van der Waals surface area (Å²) < 4.78 is 11.0. The van der Waals surface area contributed by atoms with Crippen LogP contribution in [0.5, 0.6) is 5.75 Å². The van der Waals surface area contributed by atoms with Crippen molar-refractivity contribution in [1.82, 2.24) is 20.5 Å². The minimum atomic E-state index is -0.225. The molecule has 2 N–H and O–H groups in total. The predicted molar refractivity (Wildman–Crippen MR) is 83.2 cm³/mol. The van der Waals surface area contributed by atoms with Crippen molar-refractivity contribution >= 4 is 5.91 Å². The number of pyridine rings is 1. The Labute approximate surface area is 134 Å². The molecular weight excluding hydrogens is 296 g/mol. The molecule has 0 radical (unpaired) electrons. The number of methoxy groups -OCH3 is 1. The fourth-order valence-electron chi connectivity index (χ4n) is 2.85. The van der Waals surface area contributed by atoms with Gasteiger partial charge in [-0.3, -0.25) is 14.9 Å². The molecule has 2 atom stereocenters. The number of H-pyrrole nitrogens is 1. The number of aromatic nitrogens is 3. The van der Waals surface area contributed by atoms with Gasteiger partial charge >= 0.3 is 0 Å². The summed E-state index contributed by atoms with van der Waals surface area (Å²) in [6, 6.07) is 3.60. The lowest BCUT2D eigenvalue weighted by molar-refractivity contribution is -0.00697.